The summed E-state index contributed by atoms with van der Waals surface area (Å²) in [5.74, 6) is 0. The number of allylic oxidation sites excluding steroid dienone is 6. The molecule has 0 radical (unpaired) electrons. The van der Waals surface area contributed by atoms with E-state index in [1.807, 2.05) is 6.92 Å². The summed E-state index contributed by atoms with van der Waals surface area (Å²) in [6.07, 6.45) is 8.69. The Morgan fingerprint density at radius 3 is 2.04 bits per heavy atom. The van der Waals surface area contributed by atoms with Crippen molar-refractivity contribution in [3.05, 3.63) is 120 Å². The molecule has 0 aromatic heterocycles. The van der Waals surface area contributed by atoms with E-state index in [2.05, 4.69) is 91.5 Å². The fourth-order valence-electron chi connectivity index (χ4n) is 3.54. The van der Waals surface area contributed by atoms with Crippen LogP contribution in [0.15, 0.2) is 113 Å². The van der Waals surface area contributed by atoms with Crippen molar-refractivity contribution in [2.45, 2.75) is 12.3 Å². The van der Waals surface area contributed by atoms with Crippen LogP contribution < -0.4 is 0 Å². The highest BCUT2D eigenvalue weighted by Crippen LogP contribution is 2.47. The van der Waals surface area contributed by atoms with Gasteiger partial charge < -0.3 is 0 Å². The van der Waals surface area contributed by atoms with Crippen molar-refractivity contribution in [2.75, 3.05) is 0 Å². The molecule has 1 heterocycles. The van der Waals surface area contributed by atoms with Crippen LogP contribution in [0.3, 0.4) is 0 Å². The highest BCUT2D eigenvalue weighted by Gasteiger charge is 2.40. The van der Waals surface area contributed by atoms with Crippen molar-refractivity contribution in [3.63, 3.8) is 0 Å². The SMILES string of the molecule is C=C(C)C1=NC2=CC=CC(c3ccccc3)(c3ccccc3)C2=C1. The smallest absolute Gasteiger partial charge is 0.0685 e. The summed E-state index contributed by atoms with van der Waals surface area (Å²) in [7, 11) is 0. The zero-order chi connectivity index (χ0) is 16.6. The first-order chi connectivity index (χ1) is 11.7. The molecule has 0 bridgehead atoms. The first kappa shape index (κ1) is 14.6. The molecule has 4 rings (SSSR count). The van der Waals surface area contributed by atoms with Gasteiger partial charge in [-0.15, -0.1) is 0 Å². The van der Waals surface area contributed by atoms with E-state index in [0.717, 1.165) is 17.0 Å². The maximum absolute atomic E-state index is 4.79. The largest absolute Gasteiger partial charge is 0.248 e. The summed E-state index contributed by atoms with van der Waals surface area (Å²) in [4.78, 5) is 4.79. The third kappa shape index (κ3) is 2.13. The Kier molecular flexibility index (Phi) is 3.42. The monoisotopic (exact) mass is 309 g/mol. The number of hydrogen-bond donors (Lipinski definition) is 0. The van der Waals surface area contributed by atoms with Gasteiger partial charge in [-0.2, -0.15) is 0 Å². The van der Waals surface area contributed by atoms with E-state index in [9.17, 15) is 0 Å². The van der Waals surface area contributed by atoms with Gasteiger partial charge in [-0.3, -0.25) is 0 Å². The van der Waals surface area contributed by atoms with Gasteiger partial charge in [0.1, 0.15) is 0 Å². The maximum atomic E-state index is 4.79. The molecule has 0 amide bonds. The molecule has 0 fully saturated rings. The van der Waals surface area contributed by atoms with Crippen molar-refractivity contribution in [2.24, 2.45) is 4.99 Å². The summed E-state index contributed by atoms with van der Waals surface area (Å²) >= 11 is 0. The minimum Gasteiger partial charge on any atom is -0.248 e. The molecule has 1 nitrogen and oxygen atoms in total. The van der Waals surface area contributed by atoms with E-state index < -0.39 is 0 Å². The minimum atomic E-state index is -0.312. The van der Waals surface area contributed by atoms with E-state index in [4.69, 9.17) is 4.99 Å². The van der Waals surface area contributed by atoms with Gasteiger partial charge in [0, 0.05) is 0 Å². The molecule has 0 saturated heterocycles. The fourth-order valence-corrected chi connectivity index (χ4v) is 3.54. The highest BCUT2D eigenvalue weighted by atomic mass is 14.8. The predicted molar refractivity (Wildman–Crippen MR) is 101 cm³/mol. The lowest BCUT2D eigenvalue weighted by Gasteiger charge is -2.35. The molecule has 1 aliphatic carbocycles. The van der Waals surface area contributed by atoms with Gasteiger partial charge in [-0.05, 0) is 41.3 Å². The Hall–Kier alpha value is -2.93. The van der Waals surface area contributed by atoms with Crippen molar-refractivity contribution in [1.29, 1.82) is 0 Å². The average molecular weight is 309 g/mol. The number of aliphatic imine (C=N–C) groups is 1. The topological polar surface area (TPSA) is 12.4 Å². The van der Waals surface area contributed by atoms with Crippen LogP contribution in [0.1, 0.15) is 18.1 Å². The Morgan fingerprint density at radius 1 is 0.917 bits per heavy atom. The number of rotatable bonds is 3. The molecular weight excluding hydrogens is 290 g/mol. The fraction of sp³-hybridized carbons (Fsp3) is 0.0870. The number of fused-ring (bicyclic) bond motifs is 1. The third-order valence-electron chi connectivity index (χ3n) is 4.72. The van der Waals surface area contributed by atoms with Crippen molar-refractivity contribution < 1.29 is 0 Å². The van der Waals surface area contributed by atoms with Crippen LogP contribution in [-0.4, -0.2) is 5.71 Å². The normalized spacial score (nSPS) is 17.6. The molecule has 0 unspecified atom stereocenters. The summed E-state index contributed by atoms with van der Waals surface area (Å²) in [6.45, 7) is 6.07. The van der Waals surface area contributed by atoms with Gasteiger partial charge in [0.2, 0.25) is 0 Å². The quantitative estimate of drug-likeness (QED) is 0.721. The lowest BCUT2D eigenvalue weighted by molar-refractivity contribution is 0.759. The Morgan fingerprint density at radius 2 is 1.50 bits per heavy atom. The second-order valence-electron chi connectivity index (χ2n) is 6.29. The Labute approximate surface area is 143 Å². The highest BCUT2D eigenvalue weighted by molar-refractivity contribution is 6.11. The van der Waals surface area contributed by atoms with Crippen LogP contribution in [0.4, 0.5) is 0 Å². The number of benzene rings is 2. The van der Waals surface area contributed by atoms with Gasteiger partial charge in [0.15, 0.2) is 0 Å². The van der Waals surface area contributed by atoms with E-state index in [0.29, 0.717) is 0 Å². The first-order valence-corrected chi connectivity index (χ1v) is 8.19. The second kappa shape index (κ2) is 5.61. The van der Waals surface area contributed by atoms with Gasteiger partial charge in [0.05, 0.1) is 16.8 Å². The molecule has 2 aliphatic rings. The van der Waals surface area contributed by atoms with Crippen LogP contribution >= 0.6 is 0 Å². The third-order valence-corrected chi connectivity index (χ3v) is 4.72. The molecule has 0 saturated carbocycles. The molecular formula is C23H19N. The van der Waals surface area contributed by atoms with Crippen molar-refractivity contribution >= 4 is 5.71 Å². The van der Waals surface area contributed by atoms with Crippen LogP contribution in [0, 0.1) is 0 Å². The van der Waals surface area contributed by atoms with E-state index in [1.54, 1.807) is 0 Å². The summed E-state index contributed by atoms with van der Waals surface area (Å²) in [5.41, 5.74) is 6.41. The average Bonchev–Trinajstić information content (AvgIpc) is 3.08. The van der Waals surface area contributed by atoms with Crippen LogP contribution in [0.2, 0.25) is 0 Å². The van der Waals surface area contributed by atoms with Crippen LogP contribution in [0.5, 0.6) is 0 Å². The predicted octanol–water partition coefficient (Wildman–Crippen LogP) is 5.38. The van der Waals surface area contributed by atoms with Gasteiger partial charge in [-0.1, -0.05) is 79.4 Å². The summed E-state index contributed by atoms with van der Waals surface area (Å²) in [5, 5.41) is 0. The molecule has 0 N–H and O–H groups in total. The Balaban J connectivity index is 2.00. The second-order valence-corrected chi connectivity index (χ2v) is 6.29. The summed E-state index contributed by atoms with van der Waals surface area (Å²) < 4.78 is 0. The molecule has 1 heteroatoms. The van der Waals surface area contributed by atoms with Gasteiger partial charge in [-0.25, -0.2) is 4.99 Å². The van der Waals surface area contributed by atoms with Crippen molar-refractivity contribution in [1.82, 2.24) is 0 Å². The van der Waals surface area contributed by atoms with Crippen molar-refractivity contribution in [3.8, 4) is 0 Å². The maximum Gasteiger partial charge on any atom is 0.0685 e. The van der Waals surface area contributed by atoms with E-state index in [-0.39, 0.29) is 5.41 Å². The first-order valence-electron chi connectivity index (χ1n) is 8.19. The van der Waals surface area contributed by atoms with Crippen LogP contribution in [-0.2, 0) is 5.41 Å². The zero-order valence-corrected chi connectivity index (χ0v) is 13.7. The molecule has 116 valence electrons. The van der Waals surface area contributed by atoms with Gasteiger partial charge >= 0.3 is 0 Å². The molecule has 0 atom stereocenters. The lowest BCUT2D eigenvalue weighted by Crippen LogP contribution is -2.29. The number of nitrogens with zero attached hydrogens (tertiary/aromatic N) is 1. The zero-order valence-electron chi connectivity index (χ0n) is 13.7. The molecule has 2 aromatic rings. The number of hydrogen-bond acceptors (Lipinski definition) is 1. The van der Waals surface area contributed by atoms with E-state index >= 15 is 0 Å². The lowest BCUT2D eigenvalue weighted by atomic mass is 9.66. The minimum absolute atomic E-state index is 0.312. The molecule has 2 aromatic carbocycles. The Bertz CT molecular complexity index is 870. The van der Waals surface area contributed by atoms with Crippen LogP contribution in [0.25, 0.3) is 0 Å². The molecule has 24 heavy (non-hydrogen) atoms. The molecule has 0 spiro atoms. The molecule has 1 aliphatic heterocycles. The van der Waals surface area contributed by atoms with Gasteiger partial charge in [0.25, 0.3) is 0 Å². The standard InChI is InChI=1S/C23H19N/c1-17(2)22-16-20-21(24-22)14-9-15-23(20,18-10-5-3-6-11-18)19-12-7-4-8-13-19/h3-16H,1H2,2H3. The van der Waals surface area contributed by atoms with E-state index in [1.165, 1.54) is 16.7 Å². The summed E-state index contributed by atoms with van der Waals surface area (Å²) in [6, 6.07) is 21.3.